The normalized spacial score (nSPS) is 13.5. The molecule has 0 heterocycles. The lowest BCUT2D eigenvalue weighted by atomic mass is 10.2. The summed E-state index contributed by atoms with van der Waals surface area (Å²) in [6.45, 7) is 4.14. The topological polar surface area (TPSA) is 123 Å². The molecule has 172 valence electrons. The summed E-state index contributed by atoms with van der Waals surface area (Å²) >= 11 is 0. The van der Waals surface area contributed by atoms with Crippen molar-refractivity contribution in [1.82, 2.24) is 15.6 Å². The molecule has 10 heteroatoms. The summed E-state index contributed by atoms with van der Waals surface area (Å²) in [5, 5.41) is 0. The predicted molar refractivity (Wildman–Crippen MR) is 118 cm³/mol. The Bertz CT molecular complexity index is 1100. The molecule has 1 saturated carbocycles. The van der Waals surface area contributed by atoms with Crippen molar-refractivity contribution in [2.75, 3.05) is 13.7 Å². The maximum atomic E-state index is 12.4. The summed E-state index contributed by atoms with van der Waals surface area (Å²) in [5.41, 5.74) is 4.95. The van der Waals surface area contributed by atoms with Crippen molar-refractivity contribution in [3.8, 4) is 11.5 Å². The maximum Gasteiger partial charge on any atom is 0.269 e. The van der Waals surface area contributed by atoms with Gasteiger partial charge in [-0.15, -0.1) is 0 Å². The van der Waals surface area contributed by atoms with Gasteiger partial charge < -0.3 is 9.47 Å². The first-order valence-corrected chi connectivity index (χ1v) is 11.7. The number of amides is 2. The standard InChI is InChI=1S/C22H27N3O6S/c1-14(2)31-19-10-9-17(12-20(19)30-3)22(27)25-24-21(26)16-5-4-6-18(11-16)32(28,29)23-13-15-7-8-15/h4-6,9-12,14-15,23H,7-8,13H2,1-3H3,(H,24,26)(H,25,27). The molecule has 0 spiro atoms. The predicted octanol–water partition coefficient (Wildman–Crippen LogP) is 2.25. The lowest BCUT2D eigenvalue weighted by Gasteiger charge is -2.14. The summed E-state index contributed by atoms with van der Waals surface area (Å²) in [7, 11) is -2.24. The van der Waals surface area contributed by atoms with E-state index in [1.165, 1.54) is 37.4 Å². The van der Waals surface area contributed by atoms with Gasteiger partial charge in [0.25, 0.3) is 11.8 Å². The van der Waals surface area contributed by atoms with Gasteiger partial charge in [0.1, 0.15) is 0 Å². The molecule has 0 atom stereocenters. The molecule has 9 nitrogen and oxygen atoms in total. The van der Waals surface area contributed by atoms with Crippen LogP contribution in [0.1, 0.15) is 47.4 Å². The van der Waals surface area contributed by atoms with Gasteiger partial charge in [0.05, 0.1) is 18.1 Å². The summed E-state index contributed by atoms with van der Waals surface area (Å²) in [4.78, 5) is 24.9. The third-order valence-electron chi connectivity index (χ3n) is 4.74. The summed E-state index contributed by atoms with van der Waals surface area (Å²) < 4.78 is 38.3. The van der Waals surface area contributed by atoms with Crippen molar-refractivity contribution >= 4 is 21.8 Å². The van der Waals surface area contributed by atoms with Gasteiger partial charge in [0.2, 0.25) is 10.0 Å². The molecule has 1 aliphatic rings. The van der Waals surface area contributed by atoms with E-state index in [2.05, 4.69) is 15.6 Å². The van der Waals surface area contributed by atoms with E-state index in [4.69, 9.17) is 9.47 Å². The van der Waals surface area contributed by atoms with Crippen molar-refractivity contribution in [2.24, 2.45) is 5.92 Å². The minimum atomic E-state index is -3.71. The van der Waals surface area contributed by atoms with Crippen molar-refractivity contribution in [2.45, 2.75) is 37.7 Å². The Balaban J connectivity index is 1.63. The van der Waals surface area contributed by atoms with Crippen LogP contribution in [-0.2, 0) is 10.0 Å². The van der Waals surface area contributed by atoms with Gasteiger partial charge in [0.15, 0.2) is 11.5 Å². The van der Waals surface area contributed by atoms with Gasteiger partial charge in [-0.25, -0.2) is 13.1 Å². The molecule has 0 aromatic heterocycles. The number of methoxy groups -OCH3 is 1. The van der Waals surface area contributed by atoms with Crippen LogP contribution in [0.4, 0.5) is 0 Å². The number of nitrogens with one attached hydrogen (secondary N) is 3. The van der Waals surface area contributed by atoms with Crippen LogP contribution in [0, 0.1) is 5.92 Å². The van der Waals surface area contributed by atoms with Crippen LogP contribution in [0.2, 0.25) is 0 Å². The van der Waals surface area contributed by atoms with E-state index in [0.29, 0.717) is 24.0 Å². The summed E-state index contributed by atoms with van der Waals surface area (Å²) in [5.74, 6) is 0.0497. The molecule has 3 N–H and O–H groups in total. The van der Waals surface area contributed by atoms with E-state index in [1.54, 1.807) is 12.1 Å². The van der Waals surface area contributed by atoms with Crippen LogP contribution in [0.3, 0.4) is 0 Å². The summed E-state index contributed by atoms with van der Waals surface area (Å²) in [6, 6.07) is 10.3. The lowest BCUT2D eigenvalue weighted by Crippen LogP contribution is -2.41. The zero-order valence-corrected chi connectivity index (χ0v) is 19.0. The van der Waals surface area contributed by atoms with Crippen molar-refractivity contribution in [1.29, 1.82) is 0 Å². The Morgan fingerprint density at radius 2 is 1.66 bits per heavy atom. The van der Waals surface area contributed by atoms with Crippen LogP contribution in [0.25, 0.3) is 0 Å². The molecule has 1 fully saturated rings. The number of hydrazine groups is 1. The number of carbonyl (C=O) groups excluding carboxylic acids is 2. The minimum Gasteiger partial charge on any atom is -0.493 e. The highest BCUT2D eigenvalue weighted by Crippen LogP contribution is 2.29. The van der Waals surface area contributed by atoms with Gasteiger partial charge >= 0.3 is 0 Å². The number of carbonyl (C=O) groups is 2. The van der Waals surface area contributed by atoms with E-state index in [1.807, 2.05) is 13.8 Å². The number of rotatable bonds is 9. The number of benzene rings is 2. The van der Waals surface area contributed by atoms with Crippen LogP contribution in [0.15, 0.2) is 47.4 Å². The van der Waals surface area contributed by atoms with Gasteiger partial charge in [-0.3, -0.25) is 20.4 Å². The molecule has 2 aromatic rings. The molecule has 0 unspecified atom stereocenters. The van der Waals surface area contributed by atoms with E-state index >= 15 is 0 Å². The molecule has 1 aliphatic carbocycles. The molecule has 3 rings (SSSR count). The quantitative estimate of drug-likeness (QED) is 0.492. The van der Waals surface area contributed by atoms with Gasteiger partial charge in [-0.2, -0.15) is 0 Å². The number of ether oxygens (including phenoxy) is 2. The van der Waals surface area contributed by atoms with E-state index in [9.17, 15) is 18.0 Å². The highest BCUT2D eigenvalue weighted by atomic mass is 32.2. The molecule has 0 saturated heterocycles. The van der Waals surface area contributed by atoms with Gasteiger partial charge in [0, 0.05) is 17.7 Å². The van der Waals surface area contributed by atoms with E-state index in [-0.39, 0.29) is 22.1 Å². The molecule has 32 heavy (non-hydrogen) atoms. The molecule has 2 amide bonds. The molecule has 0 radical (unpaired) electrons. The second-order valence-electron chi connectivity index (χ2n) is 7.76. The molecule has 0 aliphatic heterocycles. The fourth-order valence-electron chi connectivity index (χ4n) is 2.86. The van der Waals surface area contributed by atoms with Crippen LogP contribution < -0.4 is 25.0 Å². The Kier molecular flexibility index (Phi) is 7.37. The van der Waals surface area contributed by atoms with Crippen LogP contribution in [0.5, 0.6) is 11.5 Å². The van der Waals surface area contributed by atoms with Crippen molar-refractivity contribution in [3.05, 3.63) is 53.6 Å². The Morgan fingerprint density at radius 1 is 1.00 bits per heavy atom. The SMILES string of the molecule is COc1cc(C(=O)NNC(=O)c2cccc(S(=O)(=O)NCC3CC3)c2)ccc1OC(C)C. The zero-order valence-electron chi connectivity index (χ0n) is 18.2. The smallest absolute Gasteiger partial charge is 0.269 e. The third-order valence-corrected chi connectivity index (χ3v) is 6.16. The lowest BCUT2D eigenvalue weighted by molar-refractivity contribution is 0.0846. The Labute approximate surface area is 187 Å². The van der Waals surface area contributed by atoms with Crippen molar-refractivity contribution < 1.29 is 27.5 Å². The first-order valence-electron chi connectivity index (χ1n) is 10.2. The first kappa shape index (κ1) is 23.6. The monoisotopic (exact) mass is 461 g/mol. The minimum absolute atomic E-state index is 0.0115. The fourth-order valence-corrected chi connectivity index (χ4v) is 4.02. The van der Waals surface area contributed by atoms with Crippen molar-refractivity contribution in [3.63, 3.8) is 0 Å². The number of hydrogen-bond donors (Lipinski definition) is 3. The number of hydrogen-bond acceptors (Lipinski definition) is 6. The maximum absolute atomic E-state index is 12.4. The first-order chi connectivity index (χ1) is 15.2. The van der Waals surface area contributed by atoms with E-state index < -0.39 is 21.8 Å². The molecule has 2 aromatic carbocycles. The largest absolute Gasteiger partial charge is 0.493 e. The van der Waals surface area contributed by atoms with Crippen LogP contribution in [-0.4, -0.2) is 40.0 Å². The van der Waals surface area contributed by atoms with Crippen LogP contribution >= 0.6 is 0 Å². The number of sulfonamides is 1. The Hall–Kier alpha value is -3.11. The second-order valence-corrected chi connectivity index (χ2v) is 9.53. The third kappa shape index (κ3) is 6.21. The van der Waals surface area contributed by atoms with Gasteiger partial charge in [-0.05, 0) is 69.0 Å². The molecular weight excluding hydrogens is 434 g/mol. The fraction of sp³-hybridized carbons (Fsp3) is 0.364. The second kappa shape index (κ2) is 10.0. The zero-order chi connectivity index (χ0) is 23.3. The van der Waals surface area contributed by atoms with Gasteiger partial charge in [-0.1, -0.05) is 6.07 Å². The molecular formula is C22H27N3O6S. The summed E-state index contributed by atoms with van der Waals surface area (Å²) in [6.07, 6.45) is 1.97. The van der Waals surface area contributed by atoms with E-state index in [0.717, 1.165) is 12.8 Å². The Morgan fingerprint density at radius 3 is 2.25 bits per heavy atom. The highest BCUT2D eigenvalue weighted by Gasteiger charge is 2.24. The average Bonchev–Trinajstić information content (AvgIpc) is 3.60. The highest BCUT2D eigenvalue weighted by molar-refractivity contribution is 7.89. The average molecular weight is 462 g/mol. The molecule has 0 bridgehead atoms.